The first kappa shape index (κ1) is 28.3. The highest BCUT2D eigenvalue weighted by atomic mass is 127. The molecule has 2 aliphatic heterocycles. The molecule has 0 radical (unpaired) electrons. The summed E-state index contributed by atoms with van der Waals surface area (Å²) in [6.45, 7) is 6.80. The van der Waals surface area contributed by atoms with Crippen molar-refractivity contribution in [1.29, 1.82) is 0 Å². The van der Waals surface area contributed by atoms with E-state index in [-0.39, 0.29) is 55.8 Å². The molecule has 0 aromatic heterocycles. The Kier molecular flexibility index (Phi) is 6.27. The summed E-state index contributed by atoms with van der Waals surface area (Å²) < 4.78 is 17.1. The minimum atomic E-state index is -1.94. The fourth-order valence-electron chi connectivity index (χ4n) is 10.2. The van der Waals surface area contributed by atoms with Crippen LogP contribution in [0, 0.1) is 22.7 Å². The third kappa shape index (κ3) is 3.30. The summed E-state index contributed by atoms with van der Waals surface area (Å²) in [5.74, 6) is -0.932. The first-order chi connectivity index (χ1) is 18.1. The van der Waals surface area contributed by atoms with Crippen molar-refractivity contribution in [3.05, 3.63) is 11.1 Å². The van der Waals surface area contributed by atoms with Crippen LogP contribution >= 0.6 is 22.6 Å². The number of cyclic esters (lactones) is 1. The fraction of sp³-hybridized carbons (Fsp3) is 0.862. The first-order valence-corrected chi connectivity index (χ1v) is 15.4. The molecule has 2 heterocycles. The molecule has 9 nitrogen and oxygen atoms in total. The second kappa shape index (κ2) is 8.63. The maximum atomic E-state index is 12.8. The summed E-state index contributed by atoms with van der Waals surface area (Å²) in [6, 6.07) is 0. The van der Waals surface area contributed by atoms with Crippen molar-refractivity contribution >= 4 is 32.5 Å². The number of fused-ring (bicyclic) bond motifs is 4. The average molecular weight is 661 g/mol. The van der Waals surface area contributed by atoms with Gasteiger partial charge in [-0.3, -0.25) is 0 Å². The van der Waals surface area contributed by atoms with Crippen LogP contribution in [0.15, 0.2) is 11.1 Å². The van der Waals surface area contributed by atoms with Gasteiger partial charge in [0.1, 0.15) is 29.5 Å². The van der Waals surface area contributed by atoms with Crippen molar-refractivity contribution in [2.45, 2.75) is 126 Å². The molecule has 1 spiro atoms. The lowest BCUT2D eigenvalue weighted by atomic mass is 9.41. The van der Waals surface area contributed by atoms with Gasteiger partial charge in [-0.1, -0.05) is 12.5 Å². The van der Waals surface area contributed by atoms with Crippen molar-refractivity contribution in [3.8, 4) is 0 Å². The second-order valence-corrected chi connectivity index (χ2v) is 14.6. The van der Waals surface area contributed by atoms with Gasteiger partial charge in [-0.2, -0.15) is 0 Å². The second-order valence-electron chi connectivity index (χ2n) is 13.7. The van der Waals surface area contributed by atoms with Crippen LogP contribution in [0.1, 0.15) is 85.5 Å². The number of aliphatic hydroxyl groups is 4. The van der Waals surface area contributed by atoms with Crippen molar-refractivity contribution < 1.29 is 44.2 Å². The van der Waals surface area contributed by atoms with Gasteiger partial charge < -0.3 is 34.6 Å². The predicted octanol–water partition coefficient (Wildman–Crippen LogP) is 3.32. The summed E-state index contributed by atoms with van der Waals surface area (Å²) in [5, 5.41) is 49.0. The lowest BCUT2D eigenvalue weighted by Gasteiger charge is -2.65. The van der Waals surface area contributed by atoms with E-state index in [1.54, 1.807) is 6.92 Å². The van der Waals surface area contributed by atoms with Crippen LogP contribution in [0.25, 0.3) is 0 Å². The minimum absolute atomic E-state index is 0.0459. The van der Waals surface area contributed by atoms with Crippen LogP contribution < -0.4 is 0 Å². The maximum Gasteiger partial charge on any atom is 0.367 e. The van der Waals surface area contributed by atoms with Gasteiger partial charge in [0.25, 0.3) is 0 Å². The van der Waals surface area contributed by atoms with Crippen molar-refractivity contribution in [1.82, 2.24) is 0 Å². The number of carbonyl (C=O) groups is 2. The molecular formula is C29H41IO9. The van der Waals surface area contributed by atoms with E-state index in [9.17, 15) is 30.0 Å². The quantitative estimate of drug-likeness (QED) is 0.154. The van der Waals surface area contributed by atoms with Gasteiger partial charge in [-0.05, 0) is 84.0 Å². The van der Waals surface area contributed by atoms with Crippen LogP contribution in [0.2, 0.25) is 0 Å². The molecule has 0 aromatic rings. The monoisotopic (exact) mass is 660 g/mol. The van der Waals surface area contributed by atoms with Gasteiger partial charge in [0.05, 0.1) is 45.8 Å². The molecule has 0 aromatic carbocycles. The summed E-state index contributed by atoms with van der Waals surface area (Å²) in [6.07, 6.45) is 2.71. The Morgan fingerprint density at radius 1 is 1.15 bits per heavy atom. The van der Waals surface area contributed by atoms with Gasteiger partial charge in [0.15, 0.2) is 0 Å². The van der Waals surface area contributed by atoms with E-state index < -0.39 is 49.8 Å². The minimum Gasteiger partial charge on any atom is -0.457 e. The van der Waals surface area contributed by atoms with Gasteiger partial charge in [0, 0.05) is 17.4 Å². The Bertz CT molecular complexity index is 1140. The Hall–Kier alpha value is -0.790. The lowest BCUT2D eigenvalue weighted by molar-refractivity contribution is -0.300. The summed E-state index contributed by atoms with van der Waals surface area (Å²) in [7, 11) is 0. The molecule has 6 rings (SSSR count). The van der Waals surface area contributed by atoms with Crippen LogP contribution in [-0.2, 0) is 19.0 Å². The number of rotatable bonds is 4. The van der Waals surface area contributed by atoms with Crippen molar-refractivity contribution in [2.24, 2.45) is 22.7 Å². The summed E-state index contributed by atoms with van der Waals surface area (Å²) in [4.78, 5) is 24.7. The molecule has 0 bridgehead atoms. The smallest absolute Gasteiger partial charge is 0.367 e. The molecule has 10 heteroatoms. The van der Waals surface area contributed by atoms with E-state index in [0.29, 0.717) is 24.8 Å². The Morgan fingerprint density at radius 3 is 2.54 bits per heavy atom. The van der Waals surface area contributed by atoms with E-state index in [1.165, 1.54) is 29.5 Å². The van der Waals surface area contributed by atoms with Crippen LogP contribution in [-0.4, -0.2) is 77.7 Å². The number of carbonyl (C=O) groups excluding carboxylic acids is 2. The molecule has 4 N–H and O–H groups in total. The Labute approximate surface area is 242 Å². The Morgan fingerprint density at radius 2 is 1.87 bits per heavy atom. The lowest BCUT2D eigenvalue weighted by Crippen LogP contribution is -2.75. The summed E-state index contributed by atoms with van der Waals surface area (Å²) >= 11 is 1.54. The van der Waals surface area contributed by atoms with E-state index in [4.69, 9.17) is 14.2 Å². The van der Waals surface area contributed by atoms with E-state index in [0.717, 1.165) is 18.4 Å². The van der Waals surface area contributed by atoms with Gasteiger partial charge >= 0.3 is 9.95 Å². The molecule has 2 unspecified atom stereocenters. The zero-order chi connectivity index (χ0) is 28.4. The van der Waals surface area contributed by atoms with Crippen molar-refractivity contribution in [2.75, 3.05) is 6.61 Å². The molecule has 11 atom stereocenters. The van der Waals surface area contributed by atoms with E-state index in [1.807, 2.05) is 6.92 Å². The fourth-order valence-corrected chi connectivity index (χ4v) is 10.4. The van der Waals surface area contributed by atoms with Crippen LogP contribution in [0.3, 0.4) is 0 Å². The van der Waals surface area contributed by atoms with E-state index in [2.05, 4.69) is 6.92 Å². The zero-order valence-electron chi connectivity index (χ0n) is 23.2. The molecule has 1 saturated heterocycles. The topological polar surface area (TPSA) is 146 Å². The standard InChI is InChI=1S/C29H41IO9/c1-15-12-20(38-22(32)16(15)2)25(4,34)29(36)11-10-27(35)18-13-21-28(39-21)8-5-6-19(31)24(28,3)17(18)7-9-26(27,29)14-37-23(30)33/h17-21,31,34-36H,5-14H2,1-4H3/t17-,18+,19?,20?,21+,24-,25-,26+,27+,28+,29+/m0/s1. The highest BCUT2D eigenvalue weighted by Crippen LogP contribution is 2.76. The molecule has 39 heavy (non-hydrogen) atoms. The zero-order valence-corrected chi connectivity index (χ0v) is 25.3. The molecular weight excluding hydrogens is 619 g/mol. The maximum absolute atomic E-state index is 12.8. The van der Waals surface area contributed by atoms with Crippen LogP contribution in [0.5, 0.6) is 0 Å². The highest BCUT2D eigenvalue weighted by Gasteiger charge is 2.83. The van der Waals surface area contributed by atoms with Gasteiger partial charge in [-0.15, -0.1) is 0 Å². The largest absolute Gasteiger partial charge is 0.457 e. The predicted molar refractivity (Wildman–Crippen MR) is 147 cm³/mol. The Balaban J connectivity index is 1.43. The first-order valence-electron chi connectivity index (χ1n) is 14.3. The molecule has 4 saturated carbocycles. The van der Waals surface area contributed by atoms with Crippen molar-refractivity contribution in [3.63, 3.8) is 0 Å². The third-order valence-corrected chi connectivity index (χ3v) is 13.0. The van der Waals surface area contributed by atoms with Crippen LogP contribution in [0.4, 0.5) is 4.79 Å². The molecule has 6 aliphatic rings. The van der Waals surface area contributed by atoms with Gasteiger partial charge in [-0.25, -0.2) is 9.59 Å². The number of halogens is 1. The number of epoxide rings is 1. The molecule has 5 fully saturated rings. The number of hydrogen-bond donors (Lipinski definition) is 4. The molecule has 4 aliphatic carbocycles. The molecule has 218 valence electrons. The normalized spacial score (nSPS) is 52.0. The number of ether oxygens (including phenoxy) is 3. The number of hydrogen-bond acceptors (Lipinski definition) is 9. The third-order valence-electron chi connectivity index (χ3n) is 12.7. The average Bonchev–Trinajstić information content (AvgIpc) is 3.52. The highest BCUT2D eigenvalue weighted by molar-refractivity contribution is 14.1. The summed E-state index contributed by atoms with van der Waals surface area (Å²) in [5.41, 5.74) is -6.43. The number of esters is 1. The molecule has 0 amide bonds. The van der Waals surface area contributed by atoms with E-state index >= 15 is 0 Å². The number of aliphatic hydroxyl groups excluding tert-OH is 1. The van der Waals surface area contributed by atoms with Gasteiger partial charge in [0.2, 0.25) is 0 Å². The SMILES string of the molecule is CC1=C(C)C(=O)OC([C@](C)(O)[C@]2(O)CC[C@@]3(O)[C@@H]4C[C@H]5O[C@]56CCCC(O)[C@]6(C)[C@H]4CC[C@]23COC(=O)I)C1.